The van der Waals surface area contributed by atoms with Crippen molar-refractivity contribution in [2.75, 3.05) is 0 Å². The fraction of sp³-hybridized carbons (Fsp3) is 0.667. The van der Waals surface area contributed by atoms with Crippen LogP contribution in [0.1, 0.15) is 33.1 Å². The van der Waals surface area contributed by atoms with Crippen molar-refractivity contribution >= 4 is 0 Å². The predicted molar refractivity (Wildman–Crippen MR) is 43.2 cm³/mol. The first-order valence-corrected chi connectivity index (χ1v) is 3.64. The van der Waals surface area contributed by atoms with Crippen molar-refractivity contribution in [2.45, 2.75) is 33.1 Å². The van der Waals surface area contributed by atoms with E-state index in [9.17, 15) is 0 Å². The molecule has 0 aromatic rings. The molecule has 1 atom stereocenters. The molecule has 0 aromatic carbocycles. The topological polar surface area (TPSA) is 0 Å². The van der Waals surface area contributed by atoms with E-state index in [1.165, 1.54) is 18.4 Å². The van der Waals surface area contributed by atoms with Crippen LogP contribution < -0.4 is 0 Å². The molecular weight excluding hydrogens is 108 g/mol. The largest absolute Gasteiger partial charge is 0.100 e. The predicted octanol–water partition coefficient (Wildman–Crippen LogP) is 3.20. The second-order valence-electron chi connectivity index (χ2n) is 2.82. The summed E-state index contributed by atoms with van der Waals surface area (Å²) in [5, 5.41) is 0. The average Bonchev–Trinajstić information content (AvgIpc) is 1.63. The van der Waals surface area contributed by atoms with Gasteiger partial charge < -0.3 is 0 Å². The Bertz CT molecular complexity index is 82.0. The quantitative estimate of drug-likeness (QED) is 0.506. The molecule has 0 rings (SSSR count). The molecule has 0 aliphatic rings. The summed E-state index contributed by atoms with van der Waals surface area (Å²) >= 11 is 0. The van der Waals surface area contributed by atoms with Gasteiger partial charge in [0.1, 0.15) is 0 Å². The van der Waals surface area contributed by atoms with E-state index in [2.05, 4.69) is 27.4 Å². The fourth-order valence-electron chi connectivity index (χ4n) is 1.00. The van der Waals surface area contributed by atoms with Gasteiger partial charge in [-0.2, -0.15) is 0 Å². The molecule has 0 saturated heterocycles. The van der Waals surface area contributed by atoms with Crippen LogP contribution in [0.5, 0.6) is 0 Å². The lowest BCUT2D eigenvalue weighted by Crippen LogP contribution is -1.93. The Hall–Kier alpha value is -0.260. The van der Waals surface area contributed by atoms with Gasteiger partial charge in [-0.05, 0) is 26.2 Å². The third kappa shape index (κ3) is 5.61. The molecule has 0 heterocycles. The highest BCUT2D eigenvalue weighted by molar-refractivity contribution is 4.90. The van der Waals surface area contributed by atoms with Crippen LogP contribution in [0.3, 0.4) is 0 Å². The minimum Gasteiger partial charge on any atom is -0.100 e. The normalized spacial score (nSPS) is 13.2. The Morgan fingerprint density at radius 2 is 2.11 bits per heavy atom. The van der Waals surface area contributed by atoms with Crippen LogP contribution in [0.2, 0.25) is 0 Å². The van der Waals surface area contributed by atoms with Gasteiger partial charge in [-0.25, -0.2) is 0 Å². The van der Waals surface area contributed by atoms with Crippen LogP contribution in [0.4, 0.5) is 0 Å². The maximum absolute atomic E-state index is 4.01. The summed E-state index contributed by atoms with van der Waals surface area (Å²) in [6, 6.07) is 0. The Morgan fingerprint density at radius 1 is 1.56 bits per heavy atom. The highest BCUT2D eigenvalue weighted by Gasteiger charge is 1.98. The van der Waals surface area contributed by atoms with Gasteiger partial charge in [0.2, 0.25) is 0 Å². The van der Waals surface area contributed by atoms with E-state index in [1.807, 2.05) is 0 Å². The van der Waals surface area contributed by atoms with Gasteiger partial charge in [0.25, 0.3) is 0 Å². The molecule has 1 radical (unpaired) electrons. The molecule has 0 aromatic heterocycles. The van der Waals surface area contributed by atoms with E-state index < -0.39 is 0 Å². The monoisotopic (exact) mass is 125 g/mol. The molecule has 53 valence electrons. The molecular formula is C9H17. The van der Waals surface area contributed by atoms with Gasteiger partial charge in [-0.15, -0.1) is 6.58 Å². The molecule has 0 bridgehead atoms. The zero-order valence-electron chi connectivity index (χ0n) is 6.61. The average molecular weight is 125 g/mol. The summed E-state index contributed by atoms with van der Waals surface area (Å²) in [4.78, 5) is 0. The van der Waals surface area contributed by atoms with Gasteiger partial charge in [0, 0.05) is 0 Å². The lowest BCUT2D eigenvalue weighted by molar-refractivity contribution is 0.572. The Labute approximate surface area is 59.0 Å². The van der Waals surface area contributed by atoms with E-state index in [0.717, 1.165) is 6.42 Å². The van der Waals surface area contributed by atoms with Gasteiger partial charge in [0.15, 0.2) is 0 Å². The molecule has 0 fully saturated rings. The zero-order chi connectivity index (χ0) is 7.28. The van der Waals surface area contributed by atoms with Crippen molar-refractivity contribution in [3.63, 3.8) is 0 Å². The number of hydrogen-bond acceptors (Lipinski definition) is 0. The van der Waals surface area contributed by atoms with Crippen molar-refractivity contribution in [3.8, 4) is 0 Å². The summed E-state index contributed by atoms with van der Waals surface area (Å²) in [5.41, 5.74) is 1.25. The van der Waals surface area contributed by atoms with Gasteiger partial charge in [0.05, 0.1) is 0 Å². The Balaban J connectivity index is 3.26. The third-order valence-corrected chi connectivity index (χ3v) is 1.33. The smallest absolute Gasteiger partial charge is 0.0297 e. The SMILES string of the molecule is [CH2]C(CCC)CC(=C)C. The van der Waals surface area contributed by atoms with Crippen molar-refractivity contribution in [2.24, 2.45) is 5.92 Å². The van der Waals surface area contributed by atoms with Crippen LogP contribution in [0.25, 0.3) is 0 Å². The highest BCUT2D eigenvalue weighted by Crippen LogP contribution is 2.13. The highest BCUT2D eigenvalue weighted by atomic mass is 14.0. The first-order chi connectivity index (χ1) is 4.16. The summed E-state index contributed by atoms with van der Waals surface area (Å²) in [6.45, 7) is 12.1. The summed E-state index contributed by atoms with van der Waals surface area (Å²) in [6.07, 6.45) is 3.56. The van der Waals surface area contributed by atoms with Crippen molar-refractivity contribution < 1.29 is 0 Å². The van der Waals surface area contributed by atoms with Crippen molar-refractivity contribution in [1.29, 1.82) is 0 Å². The summed E-state index contributed by atoms with van der Waals surface area (Å²) in [5.74, 6) is 0.590. The third-order valence-electron chi connectivity index (χ3n) is 1.33. The zero-order valence-corrected chi connectivity index (χ0v) is 6.61. The van der Waals surface area contributed by atoms with E-state index in [-0.39, 0.29) is 0 Å². The maximum atomic E-state index is 4.01. The number of hydrogen-bond donors (Lipinski definition) is 0. The van der Waals surface area contributed by atoms with E-state index >= 15 is 0 Å². The molecule has 0 aliphatic heterocycles. The number of allylic oxidation sites excluding steroid dienone is 1. The van der Waals surface area contributed by atoms with E-state index in [4.69, 9.17) is 0 Å². The number of rotatable bonds is 4. The molecule has 9 heavy (non-hydrogen) atoms. The summed E-state index contributed by atoms with van der Waals surface area (Å²) < 4.78 is 0. The van der Waals surface area contributed by atoms with E-state index in [1.54, 1.807) is 0 Å². The molecule has 0 N–H and O–H groups in total. The molecule has 0 saturated carbocycles. The van der Waals surface area contributed by atoms with Gasteiger partial charge in [-0.1, -0.05) is 25.3 Å². The standard InChI is InChI=1S/C9H17/c1-5-6-9(4)7-8(2)3/h9H,2,4-7H2,1,3H3. The van der Waals surface area contributed by atoms with Crippen LogP contribution in [0.15, 0.2) is 12.2 Å². The first-order valence-electron chi connectivity index (χ1n) is 3.64. The second-order valence-corrected chi connectivity index (χ2v) is 2.82. The minimum absolute atomic E-state index is 0.590. The molecule has 0 spiro atoms. The second kappa shape index (κ2) is 4.60. The van der Waals surface area contributed by atoms with Gasteiger partial charge in [-0.3, -0.25) is 0 Å². The molecule has 0 aliphatic carbocycles. The van der Waals surface area contributed by atoms with Crippen molar-refractivity contribution in [1.82, 2.24) is 0 Å². The maximum Gasteiger partial charge on any atom is -0.0297 e. The minimum atomic E-state index is 0.590. The van der Waals surface area contributed by atoms with Crippen LogP contribution in [0, 0.1) is 12.8 Å². The Morgan fingerprint density at radius 3 is 2.44 bits per heavy atom. The molecule has 0 amide bonds. The molecule has 1 unspecified atom stereocenters. The fourth-order valence-corrected chi connectivity index (χ4v) is 1.00. The van der Waals surface area contributed by atoms with Crippen LogP contribution in [-0.4, -0.2) is 0 Å². The van der Waals surface area contributed by atoms with Gasteiger partial charge >= 0.3 is 0 Å². The Kier molecular flexibility index (Phi) is 4.47. The van der Waals surface area contributed by atoms with Crippen LogP contribution in [-0.2, 0) is 0 Å². The first kappa shape index (κ1) is 8.74. The van der Waals surface area contributed by atoms with Crippen LogP contribution >= 0.6 is 0 Å². The lowest BCUT2D eigenvalue weighted by atomic mass is 9.99. The lowest BCUT2D eigenvalue weighted by Gasteiger charge is -2.07. The molecule has 0 nitrogen and oxygen atoms in total. The van der Waals surface area contributed by atoms with Crippen molar-refractivity contribution in [3.05, 3.63) is 19.1 Å². The summed E-state index contributed by atoms with van der Waals surface area (Å²) in [7, 11) is 0. The van der Waals surface area contributed by atoms with E-state index in [0.29, 0.717) is 5.92 Å². The molecule has 0 heteroatoms.